The lowest BCUT2D eigenvalue weighted by molar-refractivity contribution is 0.207. The molecule has 4 rings (SSSR count). The Morgan fingerprint density at radius 3 is 2.72 bits per heavy atom. The van der Waals surface area contributed by atoms with E-state index in [0.717, 1.165) is 11.0 Å². The van der Waals surface area contributed by atoms with Crippen molar-refractivity contribution in [2.24, 2.45) is 0 Å². The first kappa shape index (κ1) is 15.9. The van der Waals surface area contributed by atoms with Crippen LogP contribution in [-0.2, 0) is 10.0 Å². The smallest absolute Gasteiger partial charge is 0.244 e. The zero-order valence-corrected chi connectivity index (χ0v) is 14.1. The van der Waals surface area contributed by atoms with Crippen LogP contribution in [0.2, 0.25) is 0 Å². The van der Waals surface area contributed by atoms with Crippen molar-refractivity contribution in [2.45, 2.75) is 17.4 Å². The topological polar surface area (TPSA) is 85.3 Å². The van der Waals surface area contributed by atoms with Crippen LogP contribution in [0.3, 0.4) is 0 Å². The van der Waals surface area contributed by atoms with Gasteiger partial charge in [0.25, 0.3) is 0 Å². The van der Waals surface area contributed by atoms with Crippen molar-refractivity contribution in [1.29, 1.82) is 0 Å². The van der Waals surface area contributed by atoms with Gasteiger partial charge >= 0.3 is 0 Å². The fraction of sp³-hybridized carbons (Fsp3) is 0.235. The molecule has 25 heavy (non-hydrogen) atoms. The van der Waals surface area contributed by atoms with Gasteiger partial charge in [0.1, 0.15) is 11.0 Å². The van der Waals surface area contributed by atoms with Crippen LogP contribution in [0, 0.1) is 0 Å². The van der Waals surface area contributed by atoms with E-state index in [2.05, 4.69) is 15.0 Å². The van der Waals surface area contributed by atoms with Gasteiger partial charge in [-0.15, -0.1) is 0 Å². The first-order valence-electron chi connectivity index (χ1n) is 7.91. The summed E-state index contributed by atoms with van der Waals surface area (Å²) in [6.07, 6.45) is 4.84. The molecule has 7 nitrogen and oxygen atoms in total. The minimum Gasteiger partial charge on any atom is -0.472 e. The van der Waals surface area contributed by atoms with Gasteiger partial charge in [-0.1, -0.05) is 12.1 Å². The highest BCUT2D eigenvalue weighted by Gasteiger charge is 2.34. The molecule has 0 radical (unpaired) electrons. The van der Waals surface area contributed by atoms with Gasteiger partial charge in [-0.05, 0) is 30.7 Å². The van der Waals surface area contributed by atoms with E-state index in [-0.39, 0.29) is 17.5 Å². The number of aromatic nitrogens is 3. The highest BCUT2D eigenvalue weighted by molar-refractivity contribution is 7.89. The SMILES string of the molecule is O=S(=O)(c1cccnc1)N1CCC(Oc2cnc3ccccc3n2)C1. The summed E-state index contributed by atoms with van der Waals surface area (Å²) < 4.78 is 32.5. The fourth-order valence-corrected chi connectivity index (χ4v) is 4.28. The van der Waals surface area contributed by atoms with E-state index in [1.165, 1.54) is 10.5 Å². The number of pyridine rings is 1. The van der Waals surface area contributed by atoms with E-state index in [4.69, 9.17) is 4.74 Å². The molecule has 0 spiro atoms. The number of benzene rings is 1. The van der Waals surface area contributed by atoms with Crippen LogP contribution in [0.15, 0.2) is 59.9 Å². The van der Waals surface area contributed by atoms with Crippen LogP contribution in [0.5, 0.6) is 5.88 Å². The molecular formula is C17H16N4O3S. The Labute approximate surface area is 145 Å². The van der Waals surface area contributed by atoms with Crippen LogP contribution < -0.4 is 4.74 Å². The Morgan fingerprint density at radius 1 is 1.08 bits per heavy atom. The molecule has 3 heterocycles. The van der Waals surface area contributed by atoms with Crippen molar-refractivity contribution in [3.05, 3.63) is 55.0 Å². The van der Waals surface area contributed by atoms with E-state index in [0.29, 0.717) is 18.8 Å². The van der Waals surface area contributed by atoms with Gasteiger partial charge in [0.05, 0.1) is 23.8 Å². The minimum absolute atomic E-state index is 0.196. The van der Waals surface area contributed by atoms with Crippen molar-refractivity contribution in [3.63, 3.8) is 0 Å². The maximum atomic E-state index is 12.6. The summed E-state index contributed by atoms with van der Waals surface area (Å²) in [7, 11) is -3.54. The number of hydrogen-bond acceptors (Lipinski definition) is 6. The molecule has 1 aliphatic heterocycles. The molecule has 8 heteroatoms. The van der Waals surface area contributed by atoms with Crippen molar-refractivity contribution < 1.29 is 13.2 Å². The van der Waals surface area contributed by atoms with Crippen LogP contribution in [0.4, 0.5) is 0 Å². The normalized spacial score (nSPS) is 18.5. The maximum absolute atomic E-state index is 12.6. The van der Waals surface area contributed by atoms with Crippen molar-refractivity contribution >= 4 is 21.1 Å². The number of fused-ring (bicyclic) bond motifs is 1. The lowest BCUT2D eigenvalue weighted by Crippen LogP contribution is -2.31. The molecule has 1 fully saturated rings. The van der Waals surface area contributed by atoms with Gasteiger partial charge in [0, 0.05) is 18.9 Å². The third-order valence-corrected chi connectivity index (χ3v) is 5.94. The first-order valence-corrected chi connectivity index (χ1v) is 9.35. The standard InChI is InChI=1S/C17H16N4O3S/c22-25(23,14-4-3-8-18-10-14)21-9-7-13(12-21)24-17-11-19-15-5-1-2-6-16(15)20-17/h1-6,8,10-11,13H,7,9,12H2. The molecular weight excluding hydrogens is 340 g/mol. The van der Waals surface area contributed by atoms with Crippen molar-refractivity contribution in [2.75, 3.05) is 13.1 Å². The summed E-state index contributed by atoms with van der Waals surface area (Å²) in [4.78, 5) is 12.8. The molecule has 2 aromatic heterocycles. The number of nitrogens with zero attached hydrogens (tertiary/aromatic N) is 4. The van der Waals surface area contributed by atoms with Gasteiger partial charge in [0.15, 0.2) is 0 Å². The predicted molar refractivity (Wildman–Crippen MR) is 91.6 cm³/mol. The maximum Gasteiger partial charge on any atom is 0.244 e. The molecule has 0 N–H and O–H groups in total. The molecule has 0 aliphatic carbocycles. The Bertz CT molecular complexity index is 995. The summed E-state index contributed by atoms with van der Waals surface area (Å²) in [5, 5.41) is 0. The Kier molecular flexibility index (Phi) is 4.06. The second-order valence-electron chi connectivity index (χ2n) is 5.78. The Morgan fingerprint density at radius 2 is 1.92 bits per heavy atom. The average molecular weight is 356 g/mol. The van der Waals surface area contributed by atoms with Crippen LogP contribution >= 0.6 is 0 Å². The summed E-state index contributed by atoms with van der Waals surface area (Å²) in [6.45, 7) is 0.689. The van der Waals surface area contributed by atoms with Gasteiger partial charge in [-0.2, -0.15) is 4.31 Å². The fourth-order valence-electron chi connectivity index (χ4n) is 2.83. The first-order chi connectivity index (χ1) is 12.1. The zero-order chi connectivity index (χ0) is 17.3. The van der Waals surface area contributed by atoms with Crippen molar-refractivity contribution in [1.82, 2.24) is 19.3 Å². The Hall–Kier alpha value is -2.58. The summed E-state index contributed by atoms with van der Waals surface area (Å²) >= 11 is 0. The Balaban J connectivity index is 1.49. The molecule has 1 aliphatic rings. The minimum atomic E-state index is -3.54. The van der Waals surface area contributed by atoms with Gasteiger partial charge in [-0.25, -0.2) is 18.4 Å². The predicted octanol–water partition coefficient (Wildman–Crippen LogP) is 1.87. The summed E-state index contributed by atoms with van der Waals surface area (Å²) in [6, 6.07) is 10.7. The largest absolute Gasteiger partial charge is 0.472 e. The second kappa shape index (κ2) is 6.38. The number of rotatable bonds is 4. The van der Waals surface area contributed by atoms with Crippen LogP contribution in [-0.4, -0.2) is 46.9 Å². The molecule has 1 aromatic carbocycles. The van der Waals surface area contributed by atoms with E-state index in [9.17, 15) is 8.42 Å². The van der Waals surface area contributed by atoms with Gasteiger partial charge in [-0.3, -0.25) is 4.98 Å². The molecule has 3 aromatic rings. The van der Waals surface area contributed by atoms with E-state index in [1.807, 2.05) is 24.3 Å². The molecule has 0 saturated carbocycles. The molecule has 128 valence electrons. The third-order valence-electron chi connectivity index (χ3n) is 4.09. The number of para-hydroxylation sites is 2. The van der Waals surface area contributed by atoms with Crippen molar-refractivity contribution in [3.8, 4) is 5.88 Å². The average Bonchev–Trinajstić information content (AvgIpc) is 3.12. The lowest BCUT2D eigenvalue weighted by Gasteiger charge is -2.16. The molecule has 0 bridgehead atoms. The highest BCUT2D eigenvalue weighted by atomic mass is 32.2. The number of sulfonamides is 1. The van der Waals surface area contributed by atoms with Gasteiger partial charge in [0.2, 0.25) is 15.9 Å². The summed E-state index contributed by atoms with van der Waals surface area (Å²) in [5.41, 5.74) is 1.54. The zero-order valence-electron chi connectivity index (χ0n) is 13.3. The molecule has 0 amide bonds. The molecule has 1 saturated heterocycles. The lowest BCUT2D eigenvalue weighted by atomic mass is 10.3. The van der Waals surface area contributed by atoms with Crippen LogP contribution in [0.1, 0.15) is 6.42 Å². The third kappa shape index (κ3) is 3.18. The van der Waals surface area contributed by atoms with Crippen LogP contribution in [0.25, 0.3) is 11.0 Å². The highest BCUT2D eigenvalue weighted by Crippen LogP contribution is 2.23. The number of ether oxygens (including phenoxy) is 1. The summed E-state index contributed by atoms with van der Waals surface area (Å²) in [5.74, 6) is 0.407. The monoisotopic (exact) mass is 356 g/mol. The quantitative estimate of drug-likeness (QED) is 0.709. The van der Waals surface area contributed by atoms with E-state index >= 15 is 0 Å². The van der Waals surface area contributed by atoms with Gasteiger partial charge < -0.3 is 4.74 Å². The molecule has 1 atom stereocenters. The molecule has 1 unspecified atom stereocenters. The number of hydrogen-bond donors (Lipinski definition) is 0. The second-order valence-corrected chi connectivity index (χ2v) is 7.72. The van der Waals surface area contributed by atoms with E-state index < -0.39 is 10.0 Å². The van der Waals surface area contributed by atoms with E-state index in [1.54, 1.807) is 24.5 Å².